The van der Waals surface area contributed by atoms with Crippen LogP contribution in [0.4, 0.5) is 5.69 Å². The molecule has 0 saturated heterocycles. The van der Waals surface area contributed by atoms with Crippen molar-refractivity contribution in [3.05, 3.63) is 42.0 Å². The Bertz CT molecular complexity index is 737. The van der Waals surface area contributed by atoms with Crippen LogP contribution in [0.3, 0.4) is 0 Å². The molecule has 0 aromatic heterocycles. The summed E-state index contributed by atoms with van der Waals surface area (Å²) in [5, 5.41) is 0. The molecule has 24 heavy (non-hydrogen) atoms. The van der Waals surface area contributed by atoms with Gasteiger partial charge < -0.3 is 4.74 Å². The second-order valence-corrected chi connectivity index (χ2v) is 7.67. The van der Waals surface area contributed by atoms with E-state index in [0.717, 1.165) is 19.1 Å². The molecule has 2 rings (SSSR count). The van der Waals surface area contributed by atoms with Gasteiger partial charge in [-0.15, -0.1) is 0 Å². The number of carbonyl (C=O) groups is 2. The van der Waals surface area contributed by atoms with E-state index in [-0.39, 0.29) is 24.1 Å². The van der Waals surface area contributed by atoms with Crippen molar-refractivity contribution in [2.75, 3.05) is 11.0 Å². The number of nitrogens with one attached hydrogen (secondary N) is 1. The Balaban J connectivity index is 1.92. The number of hydrogen-bond donors (Lipinski definition) is 1. The summed E-state index contributed by atoms with van der Waals surface area (Å²) >= 11 is 0. The van der Waals surface area contributed by atoms with Crippen molar-refractivity contribution in [2.45, 2.75) is 32.3 Å². The third-order valence-corrected chi connectivity index (χ3v) is 4.30. The lowest BCUT2D eigenvalue weighted by Crippen LogP contribution is -2.25. The third kappa shape index (κ3) is 5.49. The number of ether oxygens (including phenoxy) is 1. The van der Waals surface area contributed by atoms with E-state index in [4.69, 9.17) is 4.74 Å². The summed E-state index contributed by atoms with van der Waals surface area (Å²) in [7, 11) is -3.36. The molecule has 2 atom stereocenters. The molecule has 6 nitrogen and oxygen atoms in total. The van der Waals surface area contributed by atoms with Gasteiger partial charge in [0, 0.05) is 11.3 Å². The van der Waals surface area contributed by atoms with Crippen molar-refractivity contribution in [2.24, 2.45) is 5.92 Å². The van der Waals surface area contributed by atoms with Gasteiger partial charge in [0.05, 0.1) is 12.7 Å². The average molecular weight is 351 g/mol. The van der Waals surface area contributed by atoms with Crippen LogP contribution in [0.1, 0.15) is 36.5 Å². The van der Waals surface area contributed by atoms with E-state index in [1.54, 1.807) is 0 Å². The summed E-state index contributed by atoms with van der Waals surface area (Å²) in [5.41, 5.74) is 0.724. The van der Waals surface area contributed by atoms with Crippen LogP contribution in [0.2, 0.25) is 0 Å². The van der Waals surface area contributed by atoms with Crippen LogP contribution in [0.5, 0.6) is 0 Å². The Morgan fingerprint density at radius 3 is 2.50 bits per heavy atom. The van der Waals surface area contributed by atoms with Crippen molar-refractivity contribution >= 4 is 27.5 Å². The lowest BCUT2D eigenvalue weighted by molar-refractivity contribution is -0.147. The summed E-state index contributed by atoms with van der Waals surface area (Å²) in [6, 6.07) is 5.98. The first kappa shape index (κ1) is 18.2. The Hall–Kier alpha value is -2.15. The molecule has 130 valence electrons. The quantitative estimate of drug-likeness (QED) is 0.463. The smallest absolute Gasteiger partial charge is 0.307 e. The topological polar surface area (TPSA) is 89.5 Å². The van der Waals surface area contributed by atoms with Crippen LogP contribution < -0.4 is 4.72 Å². The predicted octanol–water partition coefficient (Wildman–Crippen LogP) is 2.53. The first-order valence-electron chi connectivity index (χ1n) is 7.73. The fourth-order valence-corrected chi connectivity index (χ4v) is 3.09. The molecular formula is C17H21NO5S. The number of ketones is 1. The van der Waals surface area contributed by atoms with Crippen LogP contribution in [0.25, 0.3) is 0 Å². The Kier molecular flexibility index (Phi) is 5.77. The minimum atomic E-state index is -3.36. The molecule has 1 aliphatic carbocycles. The molecule has 0 spiro atoms. The minimum absolute atomic E-state index is 0.196. The maximum atomic E-state index is 12.3. The number of carbonyl (C=O) groups excluding carboxylic acids is 2. The summed E-state index contributed by atoms with van der Waals surface area (Å²) in [5.74, 6) is -0.514. The van der Waals surface area contributed by atoms with Crippen molar-refractivity contribution in [1.82, 2.24) is 0 Å². The number of sulfonamides is 1. The Morgan fingerprint density at radius 1 is 1.29 bits per heavy atom. The number of rotatable bonds is 7. The lowest BCUT2D eigenvalue weighted by Gasteiger charge is -2.14. The molecule has 1 aromatic carbocycles. The Morgan fingerprint density at radius 2 is 1.96 bits per heavy atom. The highest BCUT2D eigenvalue weighted by Gasteiger charge is 2.22. The van der Waals surface area contributed by atoms with Crippen molar-refractivity contribution in [3.63, 3.8) is 0 Å². The standard InChI is InChI=1S/C17H21NO5S/c1-12(23-16(19)11-13-5-3-4-6-13)17(20)14-7-9-15(10-8-14)18-24(2,21)22/h3,5,7-10,12-13,18H,4,6,11H2,1-2H3/t12-,13+/m1/s1. The number of esters is 1. The number of anilines is 1. The van der Waals surface area contributed by atoms with Crippen LogP contribution in [0, 0.1) is 5.92 Å². The summed E-state index contributed by atoms with van der Waals surface area (Å²) in [4.78, 5) is 24.2. The number of Topliss-reactive ketones (excluding diaryl/α,β-unsaturated/α-hetero) is 1. The first-order chi connectivity index (χ1) is 11.2. The van der Waals surface area contributed by atoms with E-state index < -0.39 is 16.1 Å². The highest BCUT2D eigenvalue weighted by Crippen LogP contribution is 2.21. The molecule has 1 aromatic rings. The zero-order valence-corrected chi connectivity index (χ0v) is 14.5. The average Bonchev–Trinajstić information content (AvgIpc) is 2.98. The van der Waals surface area contributed by atoms with Gasteiger partial charge in [0.15, 0.2) is 6.10 Å². The number of hydrogen-bond acceptors (Lipinski definition) is 5. The highest BCUT2D eigenvalue weighted by atomic mass is 32.2. The normalized spacial score (nSPS) is 18.2. The van der Waals surface area contributed by atoms with Gasteiger partial charge in [0.2, 0.25) is 15.8 Å². The molecule has 0 saturated carbocycles. The Labute approximate surface area is 141 Å². The van der Waals surface area contributed by atoms with E-state index in [1.165, 1.54) is 31.2 Å². The van der Waals surface area contributed by atoms with E-state index >= 15 is 0 Å². The van der Waals surface area contributed by atoms with Crippen molar-refractivity contribution in [1.29, 1.82) is 0 Å². The number of benzene rings is 1. The molecule has 0 bridgehead atoms. The molecule has 7 heteroatoms. The number of allylic oxidation sites excluding steroid dienone is 2. The monoisotopic (exact) mass is 351 g/mol. The van der Waals surface area contributed by atoms with Crippen LogP contribution in [-0.4, -0.2) is 32.5 Å². The van der Waals surface area contributed by atoms with Gasteiger partial charge in [0.1, 0.15) is 0 Å². The van der Waals surface area contributed by atoms with Crippen molar-refractivity contribution in [3.8, 4) is 0 Å². The van der Waals surface area contributed by atoms with Gasteiger partial charge in [-0.3, -0.25) is 14.3 Å². The molecular weight excluding hydrogens is 330 g/mol. The van der Waals surface area contributed by atoms with Gasteiger partial charge in [-0.25, -0.2) is 8.42 Å². The summed E-state index contributed by atoms with van der Waals surface area (Å²) in [6.07, 6.45) is 6.40. The maximum Gasteiger partial charge on any atom is 0.307 e. The van der Waals surface area contributed by atoms with Gasteiger partial charge in [-0.1, -0.05) is 12.2 Å². The zero-order chi connectivity index (χ0) is 17.7. The maximum absolute atomic E-state index is 12.3. The first-order valence-corrected chi connectivity index (χ1v) is 9.62. The molecule has 1 N–H and O–H groups in total. The SMILES string of the molecule is C[C@@H](OC(=O)C[C@H]1C=CCC1)C(=O)c1ccc(NS(C)(=O)=O)cc1. The van der Waals surface area contributed by atoms with Crippen LogP contribution >= 0.6 is 0 Å². The lowest BCUT2D eigenvalue weighted by atomic mass is 10.0. The second-order valence-electron chi connectivity index (χ2n) is 5.92. The zero-order valence-electron chi connectivity index (χ0n) is 13.7. The fourth-order valence-electron chi connectivity index (χ4n) is 2.53. The predicted molar refractivity (Wildman–Crippen MR) is 91.3 cm³/mol. The summed E-state index contributed by atoms with van der Waals surface area (Å²) < 4.78 is 29.8. The largest absolute Gasteiger partial charge is 0.454 e. The van der Waals surface area contributed by atoms with Crippen LogP contribution in [-0.2, 0) is 19.6 Å². The fraction of sp³-hybridized carbons (Fsp3) is 0.412. The molecule has 0 unspecified atom stereocenters. The van der Waals surface area contributed by atoms with Crippen LogP contribution in [0.15, 0.2) is 36.4 Å². The highest BCUT2D eigenvalue weighted by molar-refractivity contribution is 7.92. The van der Waals surface area contributed by atoms with E-state index in [1.807, 2.05) is 12.2 Å². The molecule has 0 aliphatic heterocycles. The van der Waals surface area contributed by atoms with Gasteiger partial charge >= 0.3 is 5.97 Å². The van der Waals surface area contributed by atoms with Gasteiger partial charge in [-0.2, -0.15) is 0 Å². The van der Waals surface area contributed by atoms with Gasteiger partial charge in [0.25, 0.3) is 0 Å². The minimum Gasteiger partial charge on any atom is -0.454 e. The molecule has 0 fully saturated rings. The van der Waals surface area contributed by atoms with E-state index in [9.17, 15) is 18.0 Å². The van der Waals surface area contributed by atoms with E-state index in [2.05, 4.69) is 4.72 Å². The second kappa shape index (κ2) is 7.61. The van der Waals surface area contributed by atoms with Crippen molar-refractivity contribution < 1.29 is 22.7 Å². The van der Waals surface area contributed by atoms with Gasteiger partial charge in [-0.05, 0) is 49.9 Å². The van der Waals surface area contributed by atoms with E-state index in [0.29, 0.717) is 11.3 Å². The molecule has 0 heterocycles. The summed E-state index contributed by atoms with van der Waals surface area (Å²) in [6.45, 7) is 1.54. The molecule has 1 aliphatic rings. The molecule has 0 radical (unpaired) electrons. The molecule has 0 amide bonds. The third-order valence-electron chi connectivity index (χ3n) is 3.69.